The van der Waals surface area contributed by atoms with Gasteiger partial charge in [-0.2, -0.15) is 0 Å². The molecule has 0 bridgehead atoms. The molecule has 1 aromatic heterocycles. The van der Waals surface area contributed by atoms with Crippen molar-refractivity contribution in [3.63, 3.8) is 0 Å². The molecule has 0 saturated carbocycles. The zero-order valence-corrected chi connectivity index (χ0v) is 11.8. The summed E-state index contributed by atoms with van der Waals surface area (Å²) in [6, 6.07) is 21.8. The summed E-state index contributed by atoms with van der Waals surface area (Å²) in [4.78, 5) is 3.41. The number of para-hydroxylation sites is 1. The van der Waals surface area contributed by atoms with Gasteiger partial charge in [-0.15, -0.1) is 0 Å². The SMILES string of the molecule is OB(O)c1cccc(-c2ccc3[nH]c4ccccc4c3c2)c1. The molecule has 106 valence electrons. The maximum atomic E-state index is 9.33. The third-order valence-electron chi connectivity index (χ3n) is 4.02. The van der Waals surface area contributed by atoms with Crippen molar-refractivity contribution in [3.8, 4) is 11.1 Å². The molecule has 0 aliphatic rings. The number of benzene rings is 3. The van der Waals surface area contributed by atoms with E-state index < -0.39 is 7.12 Å². The summed E-state index contributed by atoms with van der Waals surface area (Å²) in [5.41, 5.74) is 4.74. The van der Waals surface area contributed by atoms with Crippen molar-refractivity contribution in [2.45, 2.75) is 0 Å². The lowest BCUT2D eigenvalue weighted by atomic mass is 9.79. The fraction of sp³-hybridized carbons (Fsp3) is 0. The molecule has 4 aromatic rings. The zero-order chi connectivity index (χ0) is 15.1. The van der Waals surface area contributed by atoms with Gasteiger partial charge in [0.05, 0.1) is 0 Å². The number of fused-ring (bicyclic) bond motifs is 3. The van der Waals surface area contributed by atoms with Gasteiger partial charge in [-0.1, -0.05) is 48.5 Å². The van der Waals surface area contributed by atoms with E-state index in [1.165, 1.54) is 10.8 Å². The Morgan fingerprint density at radius 1 is 0.682 bits per heavy atom. The van der Waals surface area contributed by atoms with Gasteiger partial charge in [-0.05, 0) is 34.8 Å². The molecule has 4 rings (SSSR count). The number of nitrogens with one attached hydrogen (secondary N) is 1. The fourth-order valence-corrected chi connectivity index (χ4v) is 2.91. The highest BCUT2D eigenvalue weighted by Gasteiger charge is 2.12. The minimum atomic E-state index is -1.45. The van der Waals surface area contributed by atoms with Gasteiger partial charge in [0.2, 0.25) is 0 Å². The summed E-state index contributed by atoms with van der Waals surface area (Å²) >= 11 is 0. The Labute approximate surface area is 128 Å². The molecule has 22 heavy (non-hydrogen) atoms. The first kappa shape index (κ1) is 13.1. The van der Waals surface area contributed by atoms with Crippen LogP contribution in [-0.2, 0) is 0 Å². The van der Waals surface area contributed by atoms with Crippen molar-refractivity contribution in [1.29, 1.82) is 0 Å². The van der Waals surface area contributed by atoms with Crippen LogP contribution in [0.1, 0.15) is 0 Å². The van der Waals surface area contributed by atoms with Gasteiger partial charge in [0, 0.05) is 21.8 Å². The highest BCUT2D eigenvalue weighted by Crippen LogP contribution is 2.29. The molecule has 3 N–H and O–H groups in total. The van der Waals surface area contributed by atoms with E-state index in [0.29, 0.717) is 5.46 Å². The minimum absolute atomic E-state index is 0.497. The molecule has 0 amide bonds. The van der Waals surface area contributed by atoms with Crippen LogP contribution >= 0.6 is 0 Å². The Bertz CT molecular complexity index is 975. The monoisotopic (exact) mass is 287 g/mol. The van der Waals surface area contributed by atoms with Crippen LogP contribution in [-0.4, -0.2) is 22.2 Å². The third kappa shape index (κ3) is 2.10. The minimum Gasteiger partial charge on any atom is -0.423 e. The Balaban J connectivity index is 1.92. The van der Waals surface area contributed by atoms with Crippen LogP contribution in [0, 0.1) is 0 Å². The summed E-state index contributed by atoms with van der Waals surface area (Å²) in [5, 5.41) is 21.0. The maximum absolute atomic E-state index is 9.33. The van der Waals surface area contributed by atoms with Crippen molar-refractivity contribution in [2.75, 3.05) is 0 Å². The van der Waals surface area contributed by atoms with E-state index in [4.69, 9.17) is 0 Å². The molecule has 0 spiro atoms. The smallest absolute Gasteiger partial charge is 0.423 e. The second-order valence-electron chi connectivity index (χ2n) is 5.43. The normalized spacial score (nSPS) is 11.2. The van der Waals surface area contributed by atoms with Crippen molar-refractivity contribution in [2.24, 2.45) is 0 Å². The molecule has 0 aliphatic carbocycles. The van der Waals surface area contributed by atoms with E-state index in [9.17, 15) is 10.0 Å². The summed E-state index contributed by atoms with van der Waals surface area (Å²) in [6.45, 7) is 0. The molecule has 0 unspecified atom stereocenters. The predicted octanol–water partition coefficient (Wildman–Crippen LogP) is 2.67. The first-order chi connectivity index (χ1) is 10.7. The quantitative estimate of drug-likeness (QED) is 0.496. The topological polar surface area (TPSA) is 56.2 Å². The summed E-state index contributed by atoms with van der Waals surface area (Å²) in [6.07, 6.45) is 0. The van der Waals surface area contributed by atoms with E-state index in [1.54, 1.807) is 12.1 Å². The molecule has 0 fully saturated rings. The Kier molecular flexibility index (Phi) is 3.00. The zero-order valence-electron chi connectivity index (χ0n) is 11.8. The molecule has 0 atom stereocenters. The largest absolute Gasteiger partial charge is 0.488 e. The molecule has 0 saturated heterocycles. The van der Waals surface area contributed by atoms with Gasteiger partial charge in [0.1, 0.15) is 0 Å². The highest BCUT2D eigenvalue weighted by molar-refractivity contribution is 6.58. The van der Waals surface area contributed by atoms with Crippen molar-refractivity contribution >= 4 is 34.4 Å². The van der Waals surface area contributed by atoms with Crippen molar-refractivity contribution < 1.29 is 10.0 Å². The first-order valence-electron chi connectivity index (χ1n) is 7.19. The number of hydrogen-bond donors (Lipinski definition) is 3. The predicted molar refractivity (Wildman–Crippen MR) is 91.1 cm³/mol. The molecule has 3 aromatic carbocycles. The standard InChI is InChI=1S/C18H14BNO2/c21-19(22)14-5-3-4-12(10-14)13-8-9-18-16(11-13)15-6-1-2-7-17(15)20-18/h1-11,20-22H. The van der Waals surface area contributed by atoms with Crippen LogP contribution in [0.15, 0.2) is 66.7 Å². The average Bonchev–Trinajstić information content (AvgIpc) is 2.92. The van der Waals surface area contributed by atoms with E-state index >= 15 is 0 Å². The number of aromatic nitrogens is 1. The second kappa shape index (κ2) is 5.02. The van der Waals surface area contributed by atoms with Crippen LogP contribution in [0.2, 0.25) is 0 Å². The fourth-order valence-electron chi connectivity index (χ4n) is 2.91. The summed E-state index contributed by atoms with van der Waals surface area (Å²) < 4.78 is 0. The lowest BCUT2D eigenvalue weighted by Crippen LogP contribution is -2.29. The maximum Gasteiger partial charge on any atom is 0.488 e. The van der Waals surface area contributed by atoms with E-state index in [2.05, 4.69) is 29.2 Å². The second-order valence-corrected chi connectivity index (χ2v) is 5.43. The van der Waals surface area contributed by atoms with Gasteiger partial charge >= 0.3 is 7.12 Å². The van der Waals surface area contributed by atoms with Crippen molar-refractivity contribution in [3.05, 3.63) is 66.7 Å². The van der Waals surface area contributed by atoms with E-state index in [0.717, 1.165) is 22.2 Å². The van der Waals surface area contributed by atoms with Gasteiger partial charge in [-0.25, -0.2) is 0 Å². The average molecular weight is 287 g/mol. The molecule has 3 nitrogen and oxygen atoms in total. The Hall–Kier alpha value is -2.56. The molecule has 0 aliphatic heterocycles. The van der Waals surface area contributed by atoms with Crippen LogP contribution in [0.5, 0.6) is 0 Å². The number of H-pyrrole nitrogens is 1. The molecule has 0 radical (unpaired) electrons. The summed E-state index contributed by atoms with van der Waals surface area (Å²) in [7, 11) is -1.45. The third-order valence-corrected chi connectivity index (χ3v) is 4.02. The molecule has 1 heterocycles. The number of hydrogen-bond acceptors (Lipinski definition) is 2. The first-order valence-corrected chi connectivity index (χ1v) is 7.19. The molecular formula is C18H14BNO2. The van der Waals surface area contributed by atoms with Crippen molar-refractivity contribution in [1.82, 2.24) is 4.98 Å². The van der Waals surface area contributed by atoms with Crippen LogP contribution in [0.25, 0.3) is 32.9 Å². The van der Waals surface area contributed by atoms with Crippen LogP contribution < -0.4 is 5.46 Å². The summed E-state index contributed by atoms with van der Waals surface area (Å²) in [5.74, 6) is 0. The van der Waals surface area contributed by atoms with Gasteiger partial charge in [0.25, 0.3) is 0 Å². The number of rotatable bonds is 2. The lowest BCUT2D eigenvalue weighted by molar-refractivity contribution is 0.426. The van der Waals surface area contributed by atoms with Gasteiger partial charge < -0.3 is 15.0 Å². The molecule has 4 heteroatoms. The van der Waals surface area contributed by atoms with E-state index in [1.807, 2.05) is 30.3 Å². The van der Waals surface area contributed by atoms with Gasteiger partial charge in [0.15, 0.2) is 0 Å². The van der Waals surface area contributed by atoms with Crippen LogP contribution in [0.4, 0.5) is 0 Å². The van der Waals surface area contributed by atoms with Gasteiger partial charge in [-0.3, -0.25) is 0 Å². The van der Waals surface area contributed by atoms with Crippen LogP contribution in [0.3, 0.4) is 0 Å². The highest BCUT2D eigenvalue weighted by atomic mass is 16.4. The number of aromatic amines is 1. The van der Waals surface area contributed by atoms with E-state index in [-0.39, 0.29) is 0 Å². The molecular weight excluding hydrogens is 273 g/mol. The Morgan fingerprint density at radius 2 is 1.45 bits per heavy atom. The Morgan fingerprint density at radius 3 is 2.32 bits per heavy atom. The lowest BCUT2D eigenvalue weighted by Gasteiger charge is -2.05.